The first-order valence-electron chi connectivity index (χ1n) is 5.67. The summed E-state index contributed by atoms with van der Waals surface area (Å²) in [6.07, 6.45) is 4.57. The molecular weight excluding hydrogens is 194 g/mol. The van der Waals surface area contributed by atoms with E-state index in [9.17, 15) is 9.59 Å². The average molecular weight is 211 g/mol. The maximum Gasteiger partial charge on any atom is 0.308 e. The lowest BCUT2D eigenvalue weighted by atomic mass is 9.84. The Morgan fingerprint density at radius 1 is 1.40 bits per heavy atom. The molecule has 1 saturated carbocycles. The highest BCUT2D eigenvalue weighted by Crippen LogP contribution is 2.29. The van der Waals surface area contributed by atoms with E-state index in [2.05, 4.69) is 0 Å². The van der Waals surface area contributed by atoms with Gasteiger partial charge in [-0.05, 0) is 25.2 Å². The quantitative estimate of drug-likeness (QED) is 0.760. The number of hydrogen-bond acceptors (Lipinski definition) is 2. The molecule has 2 fully saturated rings. The second-order valence-corrected chi connectivity index (χ2v) is 4.67. The number of piperidine rings is 1. The number of likely N-dealkylation sites (tertiary alicyclic amines) is 1. The molecule has 0 aromatic carbocycles. The standard InChI is InChI=1S/C11H17NO3/c13-10-5-4-9(11(14)15)7-12(10)6-8-2-1-3-8/h8-9H,1-7H2,(H,14,15). The predicted molar refractivity (Wildman–Crippen MR) is 54.3 cm³/mol. The zero-order valence-corrected chi connectivity index (χ0v) is 8.82. The number of aliphatic carboxylic acids is 1. The fourth-order valence-corrected chi connectivity index (χ4v) is 2.28. The number of hydrogen-bond donors (Lipinski definition) is 1. The number of carboxylic acid groups (broad SMARTS) is 1. The fourth-order valence-electron chi connectivity index (χ4n) is 2.28. The fraction of sp³-hybridized carbons (Fsp3) is 0.818. The van der Waals surface area contributed by atoms with E-state index in [1.807, 2.05) is 0 Å². The molecule has 4 heteroatoms. The van der Waals surface area contributed by atoms with Crippen LogP contribution in [-0.2, 0) is 9.59 Å². The third-order valence-electron chi connectivity index (χ3n) is 3.55. The van der Waals surface area contributed by atoms with Gasteiger partial charge in [0.05, 0.1) is 5.92 Å². The van der Waals surface area contributed by atoms with Gasteiger partial charge in [-0.1, -0.05) is 6.42 Å². The van der Waals surface area contributed by atoms with Crippen molar-refractivity contribution in [2.75, 3.05) is 13.1 Å². The molecule has 0 aromatic rings. The molecule has 0 radical (unpaired) electrons. The summed E-state index contributed by atoms with van der Waals surface area (Å²) in [7, 11) is 0. The van der Waals surface area contributed by atoms with Crippen molar-refractivity contribution >= 4 is 11.9 Å². The van der Waals surface area contributed by atoms with Crippen LogP contribution in [0.5, 0.6) is 0 Å². The lowest BCUT2D eigenvalue weighted by molar-refractivity contribution is -0.147. The van der Waals surface area contributed by atoms with Crippen molar-refractivity contribution in [2.24, 2.45) is 11.8 Å². The number of nitrogens with zero attached hydrogens (tertiary/aromatic N) is 1. The highest BCUT2D eigenvalue weighted by atomic mass is 16.4. The van der Waals surface area contributed by atoms with Crippen LogP contribution in [0.4, 0.5) is 0 Å². The third kappa shape index (κ3) is 2.30. The van der Waals surface area contributed by atoms with E-state index < -0.39 is 5.97 Å². The molecular formula is C11H17NO3. The summed E-state index contributed by atoms with van der Waals surface area (Å²) >= 11 is 0. The highest BCUT2D eigenvalue weighted by molar-refractivity contribution is 5.80. The molecule has 1 N–H and O–H groups in total. The number of rotatable bonds is 3. The molecule has 1 unspecified atom stereocenters. The van der Waals surface area contributed by atoms with Crippen LogP contribution >= 0.6 is 0 Å². The summed E-state index contributed by atoms with van der Waals surface area (Å²) in [6.45, 7) is 1.20. The summed E-state index contributed by atoms with van der Waals surface area (Å²) < 4.78 is 0. The van der Waals surface area contributed by atoms with Gasteiger partial charge in [0, 0.05) is 19.5 Å². The lowest BCUT2D eigenvalue weighted by Crippen LogP contribution is -2.45. The van der Waals surface area contributed by atoms with E-state index >= 15 is 0 Å². The number of carbonyl (C=O) groups excluding carboxylic acids is 1. The number of amides is 1. The molecule has 1 aliphatic carbocycles. The molecule has 1 amide bonds. The SMILES string of the molecule is O=C(O)C1CCC(=O)N(CC2CCC2)C1. The molecule has 1 atom stereocenters. The number of carbonyl (C=O) groups is 2. The van der Waals surface area contributed by atoms with Gasteiger partial charge in [0.25, 0.3) is 0 Å². The van der Waals surface area contributed by atoms with Gasteiger partial charge in [-0.15, -0.1) is 0 Å². The normalized spacial score (nSPS) is 27.6. The molecule has 2 aliphatic rings. The molecule has 1 saturated heterocycles. The van der Waals surface area contributed by atoms with Crippen LogP contribution in [0.1, 0.15) is 32.1 Å². The lowest BCUT2D eigenvalue weighted by Gasteiger charge is -2.36. The van der Waals surface area contributed by atoms with Crippen LogP contribution in [0.3, 0.4) is 0 Å². The molecule has 2 rings (SSSR count). The Labute approximate surface area is 89.3 Å². The summed E-state index contributed by atoms with van der Waals surface area (Å²) in [5, 5.41) is 8.91. The highest BCUT2D eigenvalue weighted by Gasteiger charge is 2.32. The van der Waals surface area contributed by atoms with Crippen LogP contribution in [0.25, 0.3) is 0 Å². The van der Waals surface area contributed by atoms with Gasteiger partial charge >= 0.3 is 5.97 Å². The van der Waals surface area contributed by atoms with Gasteiger partial charge in [-0.25, -0.2) is 0 Å². The second kappa shape index (κ2) is 4.21. The van der Waals surface area contributed by atoms with Gasteiger partial charge in [-0.3, -0.25) is 9.59 Å². The van der Waals surface area contributed by atoms with E-state index in [0.29, 0.717) is 25.3 Å². The van der Waals surface area contributed by atoms with Crippen molar-refractivity contribution in [2.45, 2.75) is 32.1 Å². The first kappa shape index (κ1) is 10.5. The van der Waals surface area contributed by atoms with Gasteiger partial charge < -0.3 is 10.0 Å². The van der Waals surface area contributed by atoms with Crippen LogP contribution in [0, 0.1) is 11.8 Å². The molecule has 15 heavy (non-hydrogen) atoms. The maximum atomic E-state index is 11.6. The minimum Gasteiger partial charge on any atom is -0.481 e. The first-order chi connectivity index (χ1) is 7.16. The minimum atomic E-state index is -0.763. The van der Waals surface area contributed by atoms with Crippen molar-refractivity contribution in [3.63, 3.8) is 0 Å². The molecule has 84 valence electrons. The Bertz CT molecular complexity index is 273. The topological polar surface area (TPSA) is 57.6 Å². The maximum absolute atomic E-state index is 11.6. The van der Waals surface area contributed by atoms with Crippen LogP contribution < -0.4 is 0 Å². The van der Waals surface area contributed by atoms with Crippen molar-refractivity contribution in [1.82, 2.24) is 4.90 Å². The second-order valence-electron chi connectivity index (χ2n) is 4.67. The summed E-state index contributed by atoms with van der Waals surface area (Å²) in [5.41, 5.74) is 0. The molecule has 1 heterocycles. The zero-order valence-electron chi connectivity index (χ0n) is 8.82. The van der Waals surface area contributed by atoms with E-state index in [-0.39, 0.29) is 11.8 Å². The van der Waals surface area contributed by atoms with Gasteiger partial charge in [-0.2, -0.15) is 0 Å². The first-order valence-corrected chi connectivity index (χ1v) is 5.67. The predicted octanol–water partition coefficient (Wildman–Crippen LogP) is 1.11. The smallest absolute Gasteiger partial charge is 0.308 e. The summed E-state index contributed by atoms with van der Waals surface area (Å²) in [5.74, 6) is -0.343. The Morgan fingerprint density at radius 3 is 2.67 bits per heavy atom. The van der Waals surface area contributed by atoms with Crippen LogP contribution in [0.2, 0.25) is 0 Å². The summed E-state index contributed by atoms with van der Waals surface area (Å²) in [6, 6.07) is 0. The minimum absolute atomic E-state index is 0.138. The van der Waals surface area contributed by atoms with Crippen molar-refractivity contribution < 1.29 is 14.7 Å². The largest absolute Gasteiger partial charge is 0.481 e. The van der Waals surface area contributed by atoms with E-state index in [1.54, 1.807) is 4.90 Å². The summed E-state index contributed by atoms with van der Waals surface area (Å²) in [4.78, 5) is 24.2. The van der Waals surface area contributed by atoms with Gasteiger partial charge in [0.2, 0.25) is 5.91 Å². The average Bonchev–Trinajstić information content (AvgIpc) is 2.13. The van der Waals surface area contributed by atoms with E-state index in [0.717, 1.165) is 6.54 Å². The molecule has 1 aliphatic heterocycles. The van der Waals surface area contributed by atoms with Crippen LogP contribution in [-0.4, -0.2) is 35.0 Å². The molecule has 0 spiro atoms. The van der Waals surface area contributed by atoms with Crippen molar-refractivity contribution in [3.05, 3.63) is 0 Å². The Balaban J connectivity index is 1.89. The van der Waals surface area contributed by atoms with Gasteiger partial charge in [0.15, 0.2) is 0 Å². The third-order valence-corrected chi connectivity index (χ3v) is 3.55. The Morgan fingerprint density at radius 2 is 2.13 bits per heavy atom. The molecule has 0 bridgehead atoms. The van der Waals surface area contributed by atoms with Crippen molar-refractivity contribution in [3.8, 4) is 0 Å². The van der Waals surface area contributed by atoms with Gasteiger partial charge in [0.1, 0.15) is 0 Å². The van der Waals surface area contributed by atoms with E-state index in [4.69, 9.17) is 5.11 Å². The van der Waals surface area contributed by atoms with Crippen molar-refractivity contribution in [1.29, 1.82) is 0 Å². The number of carboxylic acids is 1. The molecule has 4 nitrogen and oxygen atoms in total. The molecule has 0 aromatic heterocycles. The Kier molecular flexibility index (Phi) is 2.93. The zero-order chi connectivity index (χ0) is 10.8. The monoisotopic (exact) mass is 211 g/mol. The van der Waals surface area contributed by atoms with Crippen LogP contribution in [0.15, 0.2) is 0 Å². The Hall–Kier alpha value is -1.06. The van der Waals surface area contributed by atoms with E-state index in [1.165, 1.54) is 19.3 Å².